The molecule has 0 radical (unpaired) electrons. The highest BCUT2D eigenvalue weighted by molar-refractivity contribution is 7.76. The number of carbonyl (C=O) groups is 2. The van der Waals surface area contributed by atoms with E-state index in [4.69, 9.17) is 5.73 Å². The Morgan fingerprint density at radius 2 is 1.42 bits per heavy atom. The number of nitrogens with two attached hydrogens (primary N) is 1. The van der Waals surface area contributed by atoms with Gasteiger partial charge in [0.1, 0.15) is 6.04 Å². The SMILES string of the molecule is CC(C)CN([C@H](CO)CCCCNC(=O)[C@@H](NC(=O)NCc1ccncc1)C(c1ccccc1)c1ccccc1)S(=O)[O-].Nc1ccccc1. The molecule has 1 aromatic heterocycles. The molecule has 1 unspecified atom stereocenters. The van der Waals surface area contributed by atoms with Gasteiger partial charge in [-0.25, -0.2) is 9.10 Å². The number of aromatic nitrogens is 1. The van der Waals surface area contributed by atoms with Gasteiger partial charge in [0.05, 0.1) is 6.61 Å². The van der Waals surface area contributed by atoms with Gasteiger partial charge < -0.3 is 31.3 Å². The molecule has 11 nitrogen and oxygen atoms in total. The van der Waals surface area contributed by atoms with Gasteiger partial charge in [0.2, 0.25) is 5.91 Å². The molecule has 3 aromatic carbocycles. The summed E-state index contributed by atoms with van der Waals surface area (Å²) in [7, 11) is 0. The van der Waals surface area contributed by atoms with Gasteiger partial charge in [0, 0.05) is 60.9 Å². The molecule has 12 heteroatoms. The minimum absolute atomic E-state index is 0.125. The van der Waals surface area contributed by atoms with Crippen LogP contribution in [0.4, 0.5) is 10.5 Å². The maximum atomic E-state index is 13.7. The van der Waals surface area contributed by atoms with Crippen LogP contribution in [-0.2, 0) is 22.6 Å². The van der Waals surface area contributed by atoms with Crippen LogP contribution in [-0.4, -0.2) is 66.9 Å². The zero-order chi connectivity index (χ0) is 36.1. The van der Waals surface area contributed by atoms with E-state index in [1.165, 1.54) is 4.31 Å². The number of para-hydroxylation sites is 1. The zero-order valence-corrected chi connectivity index (χ0v) is 29.5. The van der Waals surface area contributed by atoms with Crippen molar-refractivity contribution in [2.45, 2.75) is 57.7 Å². The number of nitrogen functional groups attached to an aromatic ring is 1. The Bertz CT molecular complexity index is 1510. The van der Waals surface area contributed by atoms with E-state index in [1.54, 1.807) is 24.5 Å². The van der Waals surface area contributed by atoms with Gasteiger partial charge in [0.15, 0.2) is 0 Å². The second kappa shape index (κ2) is 22.2. The lowest BCUT2D eigenvalue weighted by atomic mass is 9.84. The van der Waals surface area contributed by atoms with E-state index in [0.717, 1.165) is 22.4 Å². The van der Waals surface area contributed by atoms with Crippen LogP contribution >= 0.6 is 0 Å². The van der Waals surface area contributed by atoms with Crippen LogP contribution < -0.4 is 21.7 Å². The predicted octanol–water partition coefficient (Wildman–Crippen LogP) is 4.75. The fourth-order valence-corrected chi connectivity index (χ4v) is 6.21. The van der Waals surface area contributed by atoms with Crippen molar-refractivity contribution in [3.8, 4) is 0 Å². The molecule has 3 amide bonds. The maximum Gasteiger partial charge on any atom is 0.315 e. The number of aliphatic hydroxyl groups excluding tert-OH is 1. The van der Waals surface area contributed by atoms with Crippen molar-refractivity contribution in [1.82, 2.24) is 25.2 Å². The molecule has 0 saturated carbocycles. The number of hydrogen-bond donors (Lipinski definition) is 5. The number of carbonyl (C=O) groups excluding carboxylic acids is 2. The molecular weight excluding hydrogens is 653 g/mol. The number of aliphatic hydroxyl groups is 1. The molecule has 0 aliphatic carbocycles. The molecule has 0 fully saturated rings. The Morgan fingerprint density at radius 1 is 0.860 bits per heavy atom. The highest BCUT2D eigenvalue weighted by atomic mass is 32.2. The van der Waals surface area contributed by atoms with Crippen LogP contribution in [0, 0.1) is 5.92 Å². The second-order valence-corrected chi connectivity index (χ2v) is 13.1. The molecule has 268 valence electrons. The number of hydrogen-bond acceptors (Lipinski definition) is 7. The van der Waals surface area contributed by atoms with Crippen molar-refractivity contribution >= 4 is 28.9 Å². The van der Waals surface area contributed by atoms with Crippen LogP contribution in [0.25, 0.3) is 0 Å². The summed E-state index contributed by atoms with van der Waals surface area (Å²) in [5, 5.41) is 18.5. The number of urea groups is 1. The normalized spacial score (nSPS) is 12.8. The number of unbranched alkanes of at least 4 members (excludes halogenated alkanes) is 1. The number of nitrogens with one attached hydrogen (secondary N) is 3. The summed E-state index contributed by atoms with van der Waals surface area (Å²) < 4.78 is 24.7. The third kappa shape index (κ3) is 14.1. The van der Waals surface area contributed by atoms with Crippen LogP contribution in [0.1, 0.15) is 55.7 Å². The lowest BCUT2D eigenvalue weighted by molar-refractivity contribution is -0.123. The highest BCUT2D eigenvalue weighted by Crippen LogP contribution is 2.28. The van der Waals surface area contributed by atoms with Crippen molar-refractivity contribution in [3.63, 3.8) is 0 Å². The molecule has 3 atom stereocenters. The molecule has 0 aliphatic rings. The maximum absolute atomic E-state index is 13.7. The van der Waals surface area contributed by atoms with Gasteiger partial charge >= 0.3 is 6.03 Å². The summed E-state index contributed by atoms with van der Waals surface area (Å²) in [6, 6.07) is 30.3. The number of rotatable bonds is 17. The lowest BCUT2D eigenvalue weighted by Gasteiger charge is -2.33. The number of benzene rings is 3. The highest BCUT2D eigenvalue weighted by Gasteiger charge is 2.32. The number of amides is 3. The first-order valence-electron chi connectivity index (χ1n) is 16.8. The molecular formula is C38H49N6O5S-. The molecule has 4 aromatic rings. The van der Waals surface area contributed by atoms with Crippen molar-refractivity contribution in [2.24, 2.45) is 5.92 Å². The minimum Gasteiger partial charge on any atom is -0.760 e. The van der Waals surface area contributed by atoms with E-state index in [9.17, 15) is 23.5 Å². The third-order valence-corrected chi connectivity index (χ3v) is 8.67. The van der Waals surface area contributed by atoms with E-state index in [2.05, 4.69) is 20.9 Å². The summed E-state index contributed by atoms with van der Waals surface area (Å²) in [4.78, 5) is 30.8. The lowest BCUT2D eigenvalue weighted by Crippen LogP contribution is -2.53. The molecule has 50 heavy (non-hydrogen) atoms. The van der Waals surface area contributed by atoms with E-state index < -0.39 is 35.3 Å². The molecule has 4 rings (SSSR count). The molecule has 1 heterocycles. The van der Waals surface area contributed by atoms with E-state index >= 15 is 0 Å². The Morgan fingerprint density at radius 3 is 1.90 bits per heavy atom. The van der Waals surface area contributed by atoms with Gasteiger partial charge in [-0.05, 0) is 59.7 Å². The summed E-state index contributed by atoms with van der Waals surface area (Å²) in [6.07, 6.45) is 4.93. The predicted molar refractivity (Wildman–Crippen MR) is 197 cm³/mol. The van der Waals surface area contributed by atoms with Crippen molar-refractivity contribution < 1.29 is 23.5 Å². The first-order valence-corrected chi connectivity index (χ1v) is 17.8. The van der Waals surface area contributed by atoms with Gasteiger partial charge in [-0.15, -0.1) is 0 Å². The first-order chi connectivity index (χ1) is 24.2. The van der Waals surface area contributed by atoms with Crippen molar-refractivity contribution in [1.29, 1.82) is 0 Å². The van der Waals surface area contributed by atoms with Crippen LogP contribution in [0.15, 0.2) is 116 Å². The molecule has 0 saturated heterocycles. The smallest absolute Gasteiger partial charge is 0.315 e. The Kier molecular flexibility index (Phi) is 17.7. The topological polar surface area (TPSA) is 173 Å². The summed E-state index contributed by atoms with van der Waals surface area (Å²) >= 11 is -2.43. The zero-order valence-electron chi connectivity index (χ0n) is 28.7. The number of pyridine rings is 1. The Labute approximate surface area is 298 Å². The fraction of sp³-hybridized carbons (Fsp3) is 0.342. The van der Waals surface area contributed by atoms with E-state index in [0.29, 0.717) is 32.4 Å². The molecule has 0 bridgehead atoms. The van der Waals surface area contributed by atoms with E-state index in [1.807, 2.05) is 105 Å². The largest absolute Gasteiger partial charge is 0.760 e. The average molecular weight is 702 g/mol. The van der Waals surface area contributed by atoms with Crippen LogP contribution in [0.2, 0.25) is 0 Å². The summed E-state index contributed by atoms with van der Waals surface area (Å²) in [5.74, 6) is -0.665. The standard InChI is InChI=1S/C32H43N5O5S.C6H7N/c1-24(2)22-37(43(41)42)28(23-38)15-9-10-18-34-31(39)30(36-32(40)35-21-25-16-19-33-20-17-25)29(26-11-5-3-6-12-26)27-13-7-4-8-14-27;7-6-4-2-1-3-5-6/h3-8,11-14,16-17,19-20,24,28-30,38H,9-10,15,18,21-23H2,1-2H3,(H,34,39)(H,41,42)(H2,35,36,40);1-5H,7H2/p-1/t28-,30-;/m0./s1. The Hall–Kier alpha value is -4.62. The van der Waals surface area contributed by atoms with Crippen LogP contribution in [0.3, 0.4) is 0 Å². The van der Waals surface area contributed by atoms with Gasteiger partial charge in [0.25, 0.3) is 0 Å². The molecule has 6 N–H and O–H groups in total. The second-order valence-electron chi connectivity index (χ2n) is 12.2. The quantitative estimate of drug-likeness (QED) is 0.0600. The van der Waals surface area contributed by atoms with Gasteiger partial charge in [-0.3, -0.25) is 14.0 Å². The van der Waals surface area contributed by atoms with Crippen molar-refractivity contribution in [3.05, 3.63) is 132 Å². The monoisotopic (exact) mass is 701 g/mol. The summed E-state index contributed by atoms with van der Waals surface area (Å²) in [6.45, 7) is 4.50. The summed E-state index contributed by atoms with van der Waals surface area (Å²) in [5.41, 5.74) is 8.82. The van der Waals surface area contributed by atoms with E-state index in [-0.39, 0.29) is 25.0 Å². The molecule has 0 spiro atoms. The minimum atomic E-state index is -2.43. The molecule has 0 aliphatic heterocycles. The first kappa shape index (κ1) is 39.8. The van der Waals surface area contributed by atoms with Gasteiger partial charge in [-0.1, -0.05) is 99.1 Å². The Balaban J connectivity index is 0.000000857. The number of anilines is 1. The fourth-order valence-electron chi connectivity index (χ4n) is 5.37. The number of nitrogens with zero attached hydrogens (tertiary/aromatic N) is 2. The van der Waals surface area contributed by atoms with Crippen molar-refractivity contribution in [2.75, 3.05) is 25.4 Å². The van der Waals surface area contributed by atoms with Gasteiger partial charge in [-0.2, -0.15) is 0 Å². The van der Waals surface area contributed by atoms with Crippen LogP contribution in [0.5, 0.6) is 0 Å². The third-order valence-electron chi connectivity index (χ3n) is 7.84. The average Bonchev–Trinajstić information content (AvgIpc) is 3.13.